The Balaban J connectivity index is 1.89. The van der Waals surface area contributed by atoms with E-state index in [0.29, 0.717) is 22.0 Å². The minimum atomic E-state index is -1.28. The fourth-order valence-corrected chi connectivity index (χ4v) is 3.23. The molecule has 0 aliphatic heterocycles. The normalized spacial score (nSPS) is 11.2. The molecule has 7 nitrogen and oxygen atoms in total. The summed E-state index contributed by atoms with van der Waals surface area (Å²) in [6.07, 6.45) is -1.28. The molecule has 0 aliphatic carbocycles. The number of carbonyl (C=O) groups is 3. The molecule has 1 atom stereocenters. The first-order valence-electron chi connectivity index (χ1n) is 9.52. The van der Waals surface area contributed by atoms with Crippen LogP contribution in [-0.2, 0) is 14.3 Å². The van der Waals surface area contributed by atoms with Gasteiger partial charge in [0.1, 0.15) is 5.75 Å². The topological polar surface area (TPSA) is 90.9 Å². The number of ether oxygens (including phenoxy) is 3. The summed E-state index contributed by atoms with van der Waals surface area (Å²) in [5.41, 5.74) is 0.871. The van der Waals surface area contributed by atoms with Crippen molar-refractivity contribution in [2.75, 3.05) is 19.5 Å². The molecule has 3 rings (SSSR count). The zero-order valence-corrected chi connectivity index (χ0v) is 18.1. The lowest BCUT2D eigenvalue weighted by Gasteiger charge is -2.19. The zero-order valence-electron chi connectivity index (χ0n) is 17.3. The van der Waals surface area contributed by atoms with Gasteiger partial charge in [0.05, 0.1) is 30.4 Å². The summed E-state index contributed by atoms with van der Waals surface area (Å²) in [4.78, 5) is 38.0. The van der Waals surface area contributed by atoms with Gasteiger partial charge >= 0.3 is 11.9 Å². The second-order valence-electron chi connectivity index (χ2n) is 6.57. The Morgan fingerprint density at radius 3 is 2.06 bits per heavy atom. The summed E-state index contributed by atoms with van der Waals surface area (Å²) < 4.78 is 15.4. The van der Waals surface area contributed by atoms with Gasteiger partial charge in [0, 0.05) is 11.3 Å². The molecule has 1 unspecified atom stereocenters. The maximum Gasteiger partial charge on any atom is 0.340 e. The number of hydrogen-bond donors (Lipinski definition) is 1. The van der Waals surface area contributed by atoms with E-state index >= 15 is 0 Å². The van der Waals surface area contributed by atoms with Crippen LogP contribution in [0.5, 0.6) is 5.75 Å². The summed E-state index contributed by atoms with van der Waals surface area (Å²) in [6.45, 7) is 0. The average molecular weight is 454 g/mol. The Morgan fingerprint density at radius 2 is 1.47 bits per heavy atom. The van der Waals surface area contributed by atoms with E-state index < -0.39 is 23.9 Å². The van der Waals surface area contributed by atoms with Crippen LogP contribution in [0, 0.1) is 0 Å². The Labute approximate surface area is 189 Å². The molecule has 0 aliphatic rings. The van der Waals surface area contributed by atoms with Crippen LogP contribution < -0.4 is 10.1 Å². The molecule has 8 heteroatoms. The highest BCUT2D eigenvalue weighted by atomic mass is 35.5. The highest BCUT2D eigenvalue weighted by Crippen LogP contribution is 2.29. The lowest BCUT2D eigenvalue weighted by Crippen LogP contribution is -2.26. The number of methoxy groups -OCH3 is 2. The Hall–Kier alpha value is -3.84. The van der Waals surface area contributed by atoms with Crippen molar-refractivity contribution in [2.45, 2.75) is 6.10 Å². The molecule has 0 radical (unpaired) electrons. The summed E-state index contributed by atoms with van der Waals surface area (Å²) in [6, 6.07) is 19.3. The SMILES string of the molecule is COC(=O)c1ccccc1C(=O)OC(C(=O)Nc1ccc(OC)c(Cl)c1)c1ccccc1. The highest BCUT2D eigenvalue weighted by molar-refractivity contribution is 6.32. The van der Waals surface area contributed by atoms with Gasteiger partial charge in [-0.15, -0.1) is 0 Å². The van der Waals surface area contributed by atoms with Gasteiger partial charge in [-0.25, -0.2) is 9.59 Å². The molecular formula is C24H20ClNO6. The van der Waals surface area contributed by atoms with Crippen LogP contribution in [0.1, 0.15) is 32.4 Å². The van der Waals surface area contributed by atoms with Crippen molar-refractivity contribution < 1.29 is 28.6 Å². The Bertz CT molecular complexity index is 1130. The smallest absolute Gasteiger partial charge is 0.340 e. The number of nitrogens with one attached hydrogen (secondary N) is 1. The van der Waals surface area contributed by atoms with Gasteiger partial charge < -0.3 is 19.5 Å². The van der Waals surface area contributed by atoms with E-state index in [-0.39, 0.29) is 11.1 Å². The summed E-state index contributed by atoms with van der Waals surface area (Å²) in [7, 11) is 2.70. The molecule has 0 bridgehead atoms. The van der Waals surface area contributed by atoms with Crippen LogP contribution in [0.15, 0.2) is 72.8 Å². The third-order valence-electron chi connectivity index (χ3n) is 4.54. The maximum atomic E-state index is 13.1. The first-order chi connectivity index (χ1) is 15.4. The lowest BCUT2D eigenvalue weighted by atomic mass is 10.1. The lowest BCUT2D eigenvalue weighted by molar-refractivity contribution is -0.125. The van der Waals surface area contributed by atoms with Gasteiger partial charge in [-0.05, 0) is 30.3 Å². The van der Waals surface area contributed by atoms with Crippen LogP contribution >= 0.6 is 11.6 Å². The van der Waals surface area contributed by atoms with Crippen LogP contribution in [0.4, 0.5) is 5.69 Å². The molecule has 3 aromatic rings. The summed E-state index contributed by atoms with van der Waals surface area (Å²) >= 11 is 6.13. The second kappa shape index (κ2) is 10.5. The van der Waals surface area contributed by atoms with Crippen molar-refractivity contribution >= 4 is 35.1 Å². The van der Waals surface area contributed by atoms with Crippen molar-refractivity contribution in [1.29, 1.82) is 0 Å². The molecule has 1 amide bonds. The molecule has 3 aromatic carbocycles. The minimum absolute atomic E-state index is 0.0134. The second-order valence-corrected chi connectivity index (χ2v) is 6.98. The number of halogens is 1. The zero-order chi connectivity index (χ0) is 23.1. The first kappa shape index (κ1) is 22.8. The van der Waals surface area contributed by atoms with Crippen molar-refractivity contribution in [3.8, 4) is 5.75 Å². The summed E-state index contributed by atoms with van der Waals surface area (Å²) in [5.74, 6) is -1.68. The van der Waals surface area contributed by atoms with Gasteiger partial charge in [0.2, 0.25) is 6.10 Å². The summed E-state index contributed by atoms with van der Waals surface area (Å²) in [5, 5.41) is 3.00. The van der Waals surface area contributed by atoms with E-state index in [4.69, 9.17) is 25.8 Å². The molecule has 0 saturated carbocycles. The molecule has 0 spiro atoms. The third kappa shape index (κ3) is 5.25. The Kier molecular flexibility index (Phi) is 7.46. The number of rotatable bonds is 7. The number of hydrogen-bond acceptors (Lipinski definition) is 6. The van der Waals surface area contributed by atoms with Crippen LogP contribution in [-0.4, -0.2) is 32.1 Å². The third-order valence-corrected chi connectivity index (χ3v) is 4.83. The fraction of sp³-hybridized carbons (Fsp3) is 0.125. The predicted molar refractivity (Wildman–Crippen MR) is 119 cm³/mol. The van der Waals surface area contributed by atoms with Crippen molar-refractivity contribution in [2.24, 2.45) is 0 Å². The number of benzene rings is 3. The molecule has 0 aromatic heterocycles. The standard InChI is InChI=1S/C24H20ClNO6/c1-30-20-13-12-16(14-19(20)25)26-22(27)21(15-8-4-3-5-9-15)32-24(29)18-11-7-6-10-17(18)23(28)31-2/h3-14,21H,1-2H3,(H,26,27). The quantitative estimate of drug-likeness (QED) is 0.523. The van der Waals surface area contributed by atoms with Crippen molar-refractivity contribution in [3.63, 3.8) is 0 Å². The van der Waals surface area contributed by atoms with E-state index in [1.807, 2.05) is 0 Å². The molecule has 1 N–H and O–H groups in total. The molecular weight excluding hydrogens is 434 g/mol. The maximum absolute atomic E-state index is 13.1. The monoisotopic (exact) mass is 453 g/mol. The van der Waals surface area contributed by atoms with Crippen molar-refractivity contribution in [1.82, 2.24) is 0 Å². The van der Waals surface area contributed by atoms with Gasteiger partial charge in [0.15, 0.2) is 0 Å². The van der Waals surface area contributed by atoms with Crippen LogP contribution in [0.2, 0.25) is 5.02 Å². The van der Waals surface area contributed by atoms with Gasteiger partial charge in [-0.3, -0.25) is 4.79 Å². The van der Waals surface area contributed by atoms with E-state index in [2.05, 4.69) is 5.32 Å². The molecule has 0 fully saturated rings. The van der Waals surface area contributed by atoms with E-state index in [9.17, 15) is 14.4 Å². The molecule has 0 heterocycles. The van der Waals surface area contributed by atoms with Crippen LogP contribution in [0.25, 0.3) is 0 Å². The van der Waals surface area contributed by atoms with Gasteiger partial charge in [-0.1, -0.05) is 54.1 Å². The van der Waals surface area contributed by atoms with Gasteiger partial charge in [-0.2, -0.15) is 0 Å². The van der Waals surface area contributed by atoms with Gasteiger partial charge in [0.25, 0.3) is 5.91 Å². The number of anilines is 1. The van der Waals surface area contributed by atoms with E-state index in [1.54, 1.807) is 54.6 Å². The van der Waals surface area contributed by atoms with E-state index in [0.717, 1.165) is 0 Å². The minimum Gasteiger partial charge on any atom is -0.495 e. The Morgan fingerprint density at radius 1 is 0.844 bits per heavy atom. The molecule has 32 heavy (non-hydrogen) atoms. The number of esters is 2. The van der Waals surface area contributed by atoms with Crippen molar-refractivity contribution in [3.05, 3.63) is 94.5 Å². The highest BCUT2D eigenvalue weighted by Gasteiger charge is 2.28. The number of carbonyl (C=O) groups excluding carboxylic acids is 3. The first-order valence-corrected chi connectivity index (χ1v) is 9.90. The molecule has 0 saturated heterocycles. The van der Waals surface area contributed by atoms with E-state index in [1.165, 1.54) is 32.4 Å². The predicted octanol–water partition coefficient (Wildman–Crippen LogP) is 4.67. The van der Waals surface area contributed by atoms with Crippen LogP contribution in [0.3, 0.4) is 0 Å². The largest absolute Gasteiger partial charge is 0.495 e. The average Bonchev–Trinajstić information content (AvgIpc) is 2.82. The molecule has 164 valence electrons. The number of amides is 1. The fourth-order valence-electron chi connectivity index (χ4n) is 2.97.